The number of amides is 1. The third-order valence-electron chi connectivity index (χ3n) is 3.15. The molecule has 1 aromatic heterocycles. The van der Waals surface area contributed by atoms with Gasteiger partial charge >= 0.3 is 0 Å². The predicted molar refractivity (Wildman–Crippen MR) is 88.9 cm³/mol. The summed E-state index contributed by atoms with van der Waals surface area (Å²) in [6.45, 7) is 6.97. The van der Waals surface area contributed by atoms with E-state index in [1.807, 2.05) is 32.0 Å². The van der Waals surface area contributed by atoms with Gasteiger partial charge in [-0.05, 0) is 31.9 Å². The van der Waals surface area contributed by atoms with Crippen LogP contribution in [0.15, 0.2) is 22.5 Å². The van der Waals surface area contributed by atoms with Gasteiger partial charge in [-0.25, -0.2) is 13.1 Å². The molecule has 124 valence electrons. The van der Waals surface area contributed by atoms with E-state index in [2.05, 4.69) is 20.2 Å². The Morgan fingerprint density at radius 3 is 2.61 bits per heavy atom. The number of nitrogens with one attached hydrogen (secondary N) is 2. The number of nitrogens with zero attached hydrogens (tertiary/aromatic N) is 2. The number of benzene rings is 1. The largest absolute Gasteiger partial charge is 0.301 e. The molecule has 0 fully saturated rings. The maximum Gasteiger partial charge on any atom is 0.270 e. The molecule has 2 N–H and O–H groups in total. The summed E-state index contributed by atoms with van der Waals surface area (Å²) in [5.74, 6) is -0.332. The van der Waals surface area contributed by atoms with Gasteiger partial charge in [-0.1, -0.05) is 35.1 Å². The number of hydrogen-bond donors (Lipinski definition) is 2. The first-order chi connectivity index (χ1) is 10.7. The Kier molecular flexibility index (Phi) is 5.12. The van der Waals surface area contributed by atoms with Crippen LogP contribution in [0.5, 0.6) is 0 Å². The highest BCUT2D eigenvalue weighted by atomic mass is 32.2. The SMILES string of the molecule is CC(=O)Nc1nnc(S(=O)(=O)N[C@H](C)c2cc(C)ccc2C)s1. The minimum absolute atomic E-state index is 0.150. The third-order valence-corrected chi connectivity index (χ3v) is 5.90. The number of rotatable bonds is 5. The molecule has 0 unspecified atom stereocenters. The van der Waals surface area contributed by atoms with Gasteiger partial charge < -0.3 is 5.32 Å². The van der Waals surface area contributed by atoms with E-state index in [9.17, 15) is 13.2 Å². The number of aryl methyl sites for hydroxylation is 2. The second kappa shape index (κ2) is 6.73. The lowest BCUT2D eigenvalue weighted by Gasteiger charge is -2.16. The molecule has 23 heavy (non-hydrogen) atoms. The third kappa shape index (κ3) is 4.34. The first kappa shape index (κ1) is 17.5. The van der Waals surface area contributed by atoms with Crippen LogP contribution in [0.4, 0.5) is 5.13 Å². The van der Waals surface area contributed by atoms with Crippen LogP contribution in [0.2, 0.25) is 0 Å². The van der Waals surface area contributed by atoms with Gasteiger partial charge in [-0.2, -0.15) is 0 Å². The fourth-order valence-electron chi connectivity index (χ4n) is 2.09. The molecular formula is C14H18N4O3S2. The van der Waals surface area contributed by atoms with Gasteiger partial charge in [0.2, 0.25) is 15.4 Å². The fraction of sp³-hybridized carbons (Fsp3) is 0.357. The van der Waals surface area contributed by atoms with Crippen molar-refractivity contribution in [3.8, 4) is 0 Å². The van der Waals surface area contributed by atoms with Gasteiger partial charge in [0.25, 0.3) is 10.0 Å². The van der Waals surface area contributed by atoms with Gasteiger partial charge in [0, 0.05) is 13.0 Å². The molecule has 0 radical (unpaired) electrons. The Hall–Kier alpha value is -1.84. The average Bonchev–Trinajstić information content (AvgIpc) is 2.89. The van der Waals surface area contributed by atoms with Crippen LogP contribution in [0.25, 0.3) is 0 Å². The van der Waals surface area contributed by atoms with Crippen molar-refractivity contribution in [2.24, 2.45) is 0 Å². The summed E-state index contributed by atoms with van der Waals surface area (Å²) in [7, 11) is -3.81. The van der Waals surface area contributed by atoms with E-state index in [-0.39, 0.29) is 15.4 Å². The van der Waals surface area contributed by atoms with Crippen LogP contribution >= 0.6 is 11.3 Å². The normalized spacial score (nSPS) is 12.9. The van der Waals surface area contributed by atoms with Crippen molar-refractivity contribution in [2.75, 3.05) is 5.32 Å². The van der Waals surface area contributed by atoms with Crippen LogP contribution in [0, 0.1) is 13.8 Å². The maximum absolute atomic E-state index is 12.4. The molecule has 0 aliphatic heterocycles. The zero-order valence-corrected chi connectivity index (χ0v) is 14.9. The van der Waals surface area contributed by atoms with E-state index in [1.165, 1.54) is 6.92 Å². The highest BCUT2D eigenvalue weighted by molar-refractivity contribution is 7.91. The van der Waals surface area contributed by atoms with Crippen molar-refractivity contribution in [2.45, 2.75) is 38.1 Å². The molecule has 0 aliphatic rings. The molecule has 0 aliphatic carbocycles. The molecule has 1 amide bonds. The second-order valence-corrected chi connectivity index (χ2v) is 8.12. The molecular weight excluding hydrogens is 336 g/mol. The number of sulfonamides is 1. The summed E-state index contributed by atoms with van der Waals surface area (Å²) in [6, 6.07) is 5.47. The molecule has 2 rings (SSSR count). The van der Waals surface area contributed by atoms with Crippen LogP contribution in [0.3, 0.4) is 0 Å². The molecule has 1 aromatic carbocycles. The van der Waals surface area contributed by atoms with Gasteiger partial charge in [0.15, 0.2) is 0 Å². The Morgan fingerprint density at radius 2 is 1.96 bits per heavy atom. The van der Waals surface area contributed by atoms with E-state index < -0.39 is 16.1 Å². The fourth-order valence-corrected chi connectivity index (χ4v) is 4.28. The monoisotopic (exact) mass is 354 g/mol. The van der Waals surface area contributed by atoms with Gasteiger partial charge in [-0.15, -0.1) is 10.2 Å². The van der Waals surface area contributed by atoms with Crippen LogP contribution < -0.4 is 10.0 Å². The Labute approximate surface area is 139 Å². The van der Waals surface area contributed by atoms with Crippen molar-refractivity contribution in [1.82, 2.24) is 14.9 Å². The Morgan fingerprint density at radius 1 is 1.26 bits per heavy atom. The molecule has 0 bridgehead atoms. The summed E-state index contributed by atoms with van der Waals surface area (Å²) in [4.78, 5) is 11.0. The summed E-state index contributed by atoms with van der Waals surface area (Å²) in [5, 5.41) is 9.85. The van der Waals surface area contributed by atoms with Gasteiger partial charge in [0.05, 0.1) is 0 Å². The minimum atomic E-state index is -3.81. The molecule has 0 spiro atoms. The van der Waals surface area contributed by atoms with Gasteiger partial charge in [0.1, 0.15) is 0 Å². The standard InChI is InChI=1S/C14H18N4O3S2/c1-8-5-6-9(2)12(7-8)10(3)18-23(20,21)14-17-16-13(22-14)15-11(4)19/h5-7,10,18H,1-4H3,(H,15,16,19)/t10-/m1/s1. The van der Waals surface area contributed by atoms with E-state index in [0.29, 0.717) is 0 Å². The highest BCUT2D eigenvalue weighted by Crippen LogP contribution is 2.24. The van der Waals surface area contributed by atoms with E-state index in [0.717, 1.165) is 28.0 Å². The predicted octanol–water partition coefficient (Wildman–Crippen LogP) is 2.15. The van der Waals surface area contributed by atoms with Crippen LogP contribution in [0.1, 0.15) is 36.6 Å². The van der Waals surface area contributed by atoms with Crippen LogP contribution in [-0.2, 0) is 14.8 Å². The molecule has 2 aromatic rings. The first-order valence-electron chi connectivity index (χ1n) is 6.89. The van der Waals surface area contributed by atoms with Crippen molar-refractivity contribution in [3.05, 3.63) is 34.9 Å². The number of anilines is 1. The average molecular weight is 354 g/mol. The highest BCUT2D eigenvalue weighted by Gasteiger charge is 2.24. The lowest BCUT2D eigenvalue weighted by atomic mass is 10.0. The number of carbonyl (C=O) groups excluding carboxylic acids is 1. The summed E-state index contributed by atoms with van der Waals surface area (Å²) in [5.41, 5.74) is 2.96. The second-order valence-electron chi connectivity index (χ2n) is 5.26. The quantitative estimate of drug-likeness (QED) is 0.801. The van der Waals surface area contributed by atoms with Crippen LogP contribution in [-0.4, -0.2) is 24.5 Å². The molecule has 9 heteroatoms. The smallest absolute Gasteiger partial charge is 0.270 e. The summed E-state index contributed by atoms with van der Waals surface area (Å²) < 4.78 is 27.2. The summed E-state index contributed by atoms with van der Waals surface area (Å²) in [6.07, 6.45) is 0. The zero-order valence-electron chi connectivity index (χ0n) is 13.2. The van der Waals surface area contributed by atoms with Gasteiger partial charge in [-0.3, -0.25) is 4.79 Å². The molecule has 0 saturated carbocycles. The number of hydrogen-bond acceptors (Lipinski definition) is 6. The lowest BCUT2D eigenvalue weighted by Crippen LogP contribution is -2.27. The maximum atomic E-state index is 12.4. The van der Waals surface area contributed by atoms with E-state index >= 15 is 0 Å². The van der Waals surface area contributed by atoms with Crippen molar-refractivity contribution >= 4 is 32.4 Å². The Bertz CT molecular complexity index is 830. The molecule has 1 heterocycles. The van der Waals surface area contributed by atoms with E-state index in [1.54, 1.807) is 6.92 Å². The number of carbonyl (C=O) groups is 1. The number of aromatic nitrogens is 2. The van der Waals surface area contributed by atoms with E-state index in [4.69, 9.17) is 0 Å². The zero-order chi connectivity index (χ0) is 17.2. The first-order valence-corrected chi connectivity index (χ1v) is 9.19. The van der Waals surface area contributed by atoms with Crippen molar-refractivity contribution in [1.29, 1.82) is 0 Å². The van der Waals surface area contributed by atoms with Crippen molar-refractivity contribution in [3.63, 3.8) is 0 Å². The minimum Gasteiger partial charge on any atom is -0.301 e. The lowest BCUT2D eigenvalue weighted by molar-refractivity contribution is -0.114. The molecule has 1 atom stereocenters. The molecule has 7 nitrogen and oxygen atoms in total. The Balaban J connectivity index is 2.22. The topological polar surface area (TPSA) is 101 Å². The van der Waals surface area contributed by atoms with Crippen molar-refractivity contribution < 1.29 is 13.2 Å². The summed E-state index contributed by atoms with van der Waals surface area (Å²) >= 11 is 0.808. The molecule has 0 saturated heterocycles.